The molecule has 1 unspecified atom stereocenters. The molecule has 2 aliphatic rings. The van der Waals surface area contributed by atoms with Gasteiger partial charge in [0.1, 0.15) is 6.10 Å². The van der Waals surface area contributed by atoms with Crippen molar-refractivity contribution in [2.24, 2.45) is 0 Å². The highest BCUT2D eigenvalue weighted by atomic mass is 16.7. The zero-order valence-electron chi connectivity index (χ0n) is 7.77. The van der Waals surface area contributed by atoms with E-state index in [1.54, 1.807) is 0 Å². The Bertz CT molecular complexity index is 205. The zero-order valence-corrected chi connectivity index (χ0v) is 7.77. The Kier molecular flexibility index (Phi) is 2.15. The van der Waals surface area contributed by atoms with E-state index in [1.807, 2.05) is 0 Å². The van der Waals surface area contributed by atoms with Crippen molar-refractivity contribution in [1.29, 1.82) is 0 Å². The van der Waals surface area contributed by atoms with Gasteiger partial charge in [0.15, 0.2) is 0 Å². The average molecular weight is 185 g/mol. The number of carboxylic acid groups (broad SMARTS) is 1. The molecule has 0 aromatic carbocycles. The second kappa shape index (κ2) is 3.18. The van der Waals surface area contributed by atoms with Gasteiger partial charge in [0.2, 0.25) is 0 Å². The number of ether oxygens (including phenoxy) is 1. The van der Waals surface area contributed by atoms with Gasteiger partial charge in [-0.15, -0.1) is 0 Å². The summed E-state index contributed by atoms with van der Waals surface area (Å²) in [6.07, 6.45) is 2.94. The van der Waals surface area contributed by atoms with Crippen molar-refractivity contribution in [2.75, 3.05) is 7.05 Å². The van der Waals surface area contributed by atoms with Crippen LogP contribution in [0.4, 0.5) is 4.79 Å². The average Bonchev–Trinajstić information content (AvgIpc) is 2.33. The molecule has 0 spiro atoms. The standard InChI is InChI=1S/C9H15NO3/c1-10-6-2-3-7(10)5-8(4-6)13-9(11)12/h6-8H,2-5H2,1H3,(H,11,12)/t6-,7+,8?. The topological polar surface area (TPSA) is 49.8 Å². The number of hydrogen-bond donors (Lipinski definition) is 1. The molecule has 2 saturated heterocycles. The monoisotopic (exact) mass is 185 g/mol. The summed E-state index contributed by atoms with van der Waals surface area (Å²) in [7, 11) is 2.12. The van der Waals surface area contributed by atoms with Crippen molar-refractivity contribution in [2.45, 2.75) is 43.9 Å². The molecule has 0 radical (unpaired) electrons. The molecule has 13 heavy (non-hydrogen) atoms. The molecule has 2 rings (SSSR count). The van der Waals surface area contributed by atoms with Gasteiger partial charge in [0.25, 0.3) is 0 Å². The van der Waals surface area contributed by atoms with Crippen molar-refractivity contribution in [3.8, 4) is 0 Å². The van der Waals surface area contributed by atoms with E-state index in [0.717, 1.165) is 12.8 Å². The molecule has 2 heterocycles. The van der Waals surface area contributed by atoms with E-state index in [1.165, 1.54) is 12.8 Å². The molecule has 0 amide bonds. The number of nitrogens with zero attached hydrogens (tertiary/aromatic N) is 1. The van der Waals surface area contributed by atoms with Gasteiger partial charge in [-0.25, -0.2) is 4.79 Å². The van der Waals surface area contributed by atoms with Crippen LogP contribution in [-0.2, 0) is 4.74 Å². The summed E-state index contributed by atoms with van der Waals surface area (Å²) in [5.74, 6) is 0. The summed E-state index contributed by atoms with van der Waals surface area (Å²) in [6.45, 7) is 0. The Morgan fingerprint density at radius 1 is 1.38 bits per heavy atom. The Hall–Kier alpha value is -0.770. The van der Waals surface area contributed by atoms with Crippen LogP contribution in [0.2, 0.25) is 0 Å². The number of hydrogen-bond acceptors (Lipinski definition) is 3. The van der Waals surface area contributed by atoms with E-state index in [4.69, 9.17) is 9.84 Å². The molecular weight excluding hydrogens is 170 g/mol. The normalized spacial score (nSPS) is 39.0. The summed E-state index contributed by atoms with van der Waals surface area (Å²) >= 11 is 0. The van der Waals surface area contributed by atoms with Gasteiger partial charge >= 0.3 is 6.16 Å². The smallest absolute Gasteiger partial charge is 0.450 e. The van der Waals surface area contributed by atoms with Crippen LogP contribution in [0, 0.1) is 0 Å². The first-order valence-corrected chi connectivity index (χ1v) is 4.78. The lowest BCUT2D eigenvalue weighted by Gasteiger charge is -2.35. The minimum atomic E-state index is -1.13. The van der Waals surface area contributed by atoms with Crippen LogP contribution in [0.25, 0.3) is 0 Å². The molecule has 0 aromatic heterocycles. The van der Waals surface area contributed by atoms with Crippen molar-refractivity contribution >= 4 is 6.16 Å². The van der Waals surface area contributed by atoms with Gasteiger partial charge in [-0.1, -0.05) is 0 Å². The van der Waals surface area contributed by atoms with Crippen LogP contribution in [0.15, 0.2) is 0 Å². The molecule has 0 aliphatic carbocycles. The van der Waals surface area contributed by atoms with E-state index in [0.29, 0.717) is 12.1 Å². The van der Waals surface area contributed by atoms with Gasteiger partial charge in [-0.2, -0.15) is 0 Å². The maximum absolute atomic E-state index is 10.3. The number of rotatable bonds is 1. The SMILES string of the molecule is CN1[C@@H]2CC[C@H]1CC(OC(=O)O)C2. The second-order valence-electron chi connectivity index (χ2n) is 4.03. The first-order valence-electron chi connectivity index (χ1n) is 4.78. The Morgan fingerprint density at radius 2 is 1.92 bits per heavy atom. The molecule has 3 atom stereocenters. The summed E-state index contributed by atoms with van der Waals surface area (Å²) < 4.78 is 4.81. The van der Waals surface area contributed by atoms with Gasteiger partial charge in [-0.05, 0) is 19.9 Å². The van der Waals surface area contributed by atoms with Crippen molar-refractivity contribution in [3.05, 3.63) is 0 Å². The van der Waals surface area contributed by atoms with Gasteiger partial charge in [0, 0.05) is 24.9 Å². The molecule has 0 saturated carbocycles. The third kappa shape index (κ3) is 1.63. The van der Waals surface area contributed by atoms with E-state index < -0.39 is 6.16 Å². The minimum absolute atomic E-state index is 0.0637. The van der Waals surface area contributed by atoms with Crippen LogP contribution in [0.3, 0.4) is 0 Å². The van der Waals surface area contributed by atoms with Crippen LogP contribution >= 0.6 is 0 Å². The Morgan fingerprint density at radius 3 is 2.38 bits per heavy atom. The lowest BCUT2D eigenvalue weighted by Crippen LogP contribution is -2.43. The lowest BCUT2D eigenvalue weighted by molar-refractivity contribution is 0.00344. The van der Waals surface area contributed by atoms with Gasteiger partial charge < -0.3 is 14.7 Å². The summed E-state index contributed by atoms with van der Waals surface area (Å²) in [5.41, 5.74) is 0. The molecule has 2 fully saturated rings. The highest BCUT2D eigenvalue weighted by Crippen LogP contribution is 2.35. The van der Waals surface area contributed by atoms with E-state index >= 15 is 0 Å². The largest absolute Gasteiger partial charge is 0.506 e. The van der Waals surface area contributed by atoms with Crippen LogP contribution < -0.4 is 0 Å². The van der Waals surface area contributed by atoms with E-state index in [9.17, 15) is 4.79 Å². The number of piperidine rings is 1. The van der Waals surface area contributed by atoms with Crippen LogP contribution in [-0.4, -0.2) is 41.4 Å². The molecule has 0 aromatic rings. The van der Waals surface area contributed by atoms with Gasteiger partial charge in [-0.3, -0.25) is 0 Å². The molecule has 74 valence electrons. The van der Waals surface area contributed by atoms with Crippen LogP contribution in [0.5, 0.6) is 0 Å². The van der Waals surface area contributed by atoms with Crippen molar-refractivity contribution < 1.29 is 14.6 Å². The summed E-state index contributed by atoms with van der Waals surface area (Å²) in [4.78, 5) is 12.7. The summed E-state index contributed by atoms with van der Waals surface area (Å²) in [6, 6.07) is 1.09. The minimum Gasteiger partial charge on any atom is -0.450 e. The van der Waals surface area contributed by atoms with Crippen LogP contribution in [0.1, 0.15) is 25.7 Å². The fraction of sp³-hybridized carbons (Fsp3) is 0.889. The van der Waals surface area contributed by atoms with Crippen molar-refractivity contribution in [3.63, 3.8) is 0 Å². The summed E-state index contributed by atoms with van der Waals surface area (Å²) in [5, 5.41) is 8.49. The molecule has 2 aliphatic heterocycles. The number of fused-ring (bicyclic) bond motifs is 2. The van der Waals surface area contributed by atoms with E-state index in [2.05, 4.69) is 11.9 Å². The fourth-order valence-electron chi connectivity index (χ4n) is 2.60. The molecule has 2 bridgehead atoms. The Labute approximate surface area is 77.5 Å². The highest BCUT2D eigenvalue weighted by molar-refractivity contribution is 5.57. The lowest BCUT2D eigenvalue weighted by atomic mass is 10.0. The number of carbonyl (C=O) groups is 1. The third-order valence-electron chi connectivity index (χ3n) is 3.32. The molecule has 4 nitrogen and oxygen atoms in total. The second-order valence-corrected chi connectivity index (χ2v) is 4.03. The maximum Gasteiger partial charge on any atom is 0.506 e. The predicted octanol–water partition coefficient (Wildman–Crippen LogP) is 1.31. The zero-order chi connectivity index (χ0) is 9.42. The molecule has 1 N–H and O–H groups in total. The predicted molar refractivity (Wildman–Crippen MR) is 46.7 cm³/mol. The molecular formula is C9H15NO3. The highest BCUT2D eigenvalue weighted by Gasteiger charge is 2.39. The maximum atomic E-state index is 10.3. The third-order valence-corrected chi connectivity index (χ3v) is 3.32. The molecule has 4 heteroatoms. The Balaban J connectivity index is 1.95. The van der Waals surface area contributed by atoms with Gasteiger partial charge in [0.05, 0.1) is 0 Å². The quantitative estimate of drug-likeness (QED) is 0.626. The van der Waals surface area contributed by atoms with E-state index in [-0.39, 0.29) is 6.10 Å². The first kappa shape index (κ1) is 8.81. The first-order chi connectivity index (χ1) is 6.16. The fourth-order valence-corrected chi connectivity index (χ4v) is 2.60. The van der Waals surface area contributed by atoms with Crippen molar-refractivity contribution in [1.82, 2.24) is 4.90 Å².